The monoisotopic (exact) mass is 292 g/mol. The van der Waals surface area contributed by atoms with Crippen molar-refractivity contribution in [2.75, 3.05) is 39.3 Å². The zero-order chi connectivity index (χ0) is 15.1. The number of piperazine rings is 1. The van der Waals surface area contributed by atoms with Gasteiger partial charge in [-0.05, 0) is 31.0 Å². The van der Waals surface area contributed by atoms with Crippen molar-refractivity contribution < 1.29 is 9.84 Å². The number of benzene rings is 1. The lowest BCUT2D eigenvalue weighted by molar-refractivity contribution is 0.103. The van der Waals surface area contributed by atoms with E-state index in [-0.39, 0.29) is 0 Å². The third kappa shape index (κ3) is 4.70. The van der Waals surface area contributed by atoms with E-state index in [9.17, 15) is 5.11 Å². The fourth-order valence-corrected chi connectivity index (χ4v) is 2.83. The maximum absolute atomic E-state index is 10.6. The highest BCUT2D eigenvalue weighted by Crippen LogP contribution is 2.28. The molecule has 1 fully saturated rings. The van der Waals surface area contributed by atoms with E-state index >= 15 is 0 Å². The summed E-state index contributed by atoms with van der Waals surface area (Å²) in [5, 5.41) is 14.0. The first-order valence-electron chi connectivity index (χ1n) is 8.11. The van der Waals surface area contributed by atoms with Gasteiger partial charge in [-0.15, -0.1) is 0 Å². The molecule has 1 saturated heterocycles. The molecule has 0 aliphatic carbocycles. The molecule has 1 aromatic rings. The summed E-state index contributed by atoms with van der Waals surface area (Å²) < 4.78 is 5.69. The minimum absolute atomic E-state index is 0.485. The zero-order valence-corrected chi connectivity index (χ0v) is 13.3. The molecule has 2 N–H and O–H groups in total. The number of rotatable bonds is 7. The highest BCUT2D eigenvalue weighted by Gasteiger charge is 2.19. The van der Waals surface area contributed by atoms with E-state index in [0.29, 0.717) is 13.2 Å². The van der Waals surface area contributed by atoms with E-state index in [1.54, 1.807) is 0 Å². The lowest BCUT2D eigenvalue weighted by atomic mass is 10.0. The molecule has 1 aliphatic heterocycles. The third-order valence-corrected chi connectivity index (χ3v) is 3.91. The van der Waals surface area contributed by atoms with Crippen LogP contribution in [0.1, 0.15) is 37.5 Å². The van der Waals surface area contributed by atoms with Crippen LogP contribution in [0.2, 0.25) is 0 Å². The number of ether oxygens (including phenoxy) is 1. The molecule has 4 heteroatoms. The Morgan fingerprint density at radius 1 is 1.29 bits per heavy atom. The average molecular weight is 292 g/mol. The largest absolute Gasteiger partial charge is 0.493 e. The molecule has 2 rings (SSSR count). The summed E-state index contributed by atoms with van der Waals surface area (Å²) in [6, 6.07) is 6.22. The second kappa shape index (κ2) is 8.37. The Hall–Kier alpha value is -1.10. The lowest BCUT2D eigenvalue weighted by Gasteiger charge is -2.29. The molecule has 1 aromatic carbocycles. The van der Waals surface area contributed by atoms with Crippen LogP contribution in [0.4, 0.5) is 0 Å². The van der Waals surface area contributed by atoms with Crippen LogP contribution in [-0.4, -0.2) is 49.3 Å². The predicted molar refractivity (Wildman–Crippen MR) is 85.9 cm³/mol. The maximum atomic E-state index is 10.6. The smallest absolute Gasteiger partial charge is 0.125 e. The molecular formula is C17H28N2O2. The first-order chi connectivity index (χ1) is 10.2. The Bertz CT molecular complexity index is 431. The molecule has 1 heterocycles. The van der Waals surface area contributed by atoms with Crippen molar-refractivity contribution >= 4 is 0 Å². The number of hydrogen-bond donors (Lipinski definition) is 2. The SMILES string of the molecule is CCCc1ccc(OCC)c(C(O)CN2CCNCC2)c1. The highest BCUT2D eigenvalue weighted by atomic mass is 16.5. The summed E-state index contributed by atoms with van der Waals surface area (Å²) in [7, 11) is 0. The van der Waals surface area contributed by atoms with Crippen molar-refractivity contribution in [1.82, 2.24) is 10.2 Å². The molecular weight excluding hydrogens is 264 g/mol. The first kappa shape index (κ1) is 16.3. The van der Waals surface area contributed by atoms with Crippen LogP contribution in [0, 0.1) is 0 Å². The van der Waals surface area contributed by atoms with Crippen molar-refractivity contribution in [3.05, 3.63) is 29.3 Å². The van der Waals surface area contributed by atoms with Gasteiger partial charge in [0.15, 0.2) is 0 Å². The molecule has 21 heavy (non-hydrogen) atoms. The van der Waals surface area contributed by atoms with Gasteiger partial charge in [-0.1, -0.05) is 19.4 Å². The summed E-state index contributed by atoms with van der Waals surface area (Å²) in [5.74, 6) is 0.819. The van der Waals surface area contributed by atoms with Crippen LogP contribution >= 0.6 is 0 Å². The van der Waals surface area contributed by atoms with Gasteiger partial charge in [0, 0.05) is 38.3 Å². The summed E-state index contributed by atoms with van der Waals surface area (Å²) in [5.41, 5.74) is 2.21. The van der Waals surface area contributed by atoms with Crippen molar-refractivity contribution in [2.24, 2.45) is 0 Å². The number of nitrogens with one attached hydrogen (secondary N) is 1. The Kier molecular flexibility index (Phi) is 6.49. The van der Waals surface area contributed by atoms with Gasteiger partial charge in [0.2, 0.25) is 0 Å². The number of β-amino-alcohol motifs (C(OH)–C–C–N with tert-alkyl or cyclic N) is 1. The van der Waals surface area contributed by atoms with Crippen molar-refractivity contribution in [2.45, 2.75) is 32.8 Å². The Labute approximate surface area is 128 Å². The normalized spacial score (nSPS) is 17.7. The van der Waals surface area contributed by atoms with Gasteiger partial charge in [0.25, 0.3) is 0 Å². The van der Waals surface area contributed by atoms with Crippen LogP contribution in [0.15, 0.2) is 18.2 Å². The van der Waals surface area contributed by atoms with Gasteiger partial charge in [-0.25, -0.2) is 0 Å². The van der Waals surface area contributed by atoms with Crippen LogP contribution in [-0.2, 0) is 6.42 Å². The molecule has 0 bridgehead atoms. The van der Waals surface area contributed by atoms with Crippen molar-refractivity contribution in [1.29, 1.82) is 0 Å². The molecule has 0 saturated carbocycles. The maximum Gasteiger partial charge on any atom is 0.125 e. The second-order valence-corrected chi connectivity index (χ2v) is 5.62. The van der Waals surface area contributed by atoms with Gasteiger partial charge in [-0.3, -0.25) is 4.90 Å². The van der Waals surface area contributed by atoms with Crippen molar-refractivity contribution in [3.8, 4) is 5.75 Å². The van der Waals surface area contributed by atoms with E-state index < -0.39 is 6.10 Å². The van der Waals surface area contributed by atoms with E-state index in [4.69, 9.17) is 4.74 Å². The number of hydrogen-bond acceptors (Lipinski definition) is 4. The van der Waals surface area contributed by atoms with Crippen LogP contribution in [0.5, 0.6) is 5.75 Å². The van der Waals surface area contributed by atoms with E-state index in [0.717, 1.165) is 50.3 Å². The van der Waals surface area contributed by atoms with Crippen molar-refractivity contribution in [3.63, 3.8) is 0 Å². The fraction of sp³-hybridized carbons (Fsp3) is 0.647. The number of aliphatic hydroxyl groups is 1. The second-order valence-electron chi connectivity index (χ2n) is 5.62. The minimum Gasteiger partial charge on any atom is -0.493 e. The van der Waals surface area contributed by atoms with Gasteiger partial charge >= 0.3 is 0 Å². The summed E-state index contributed by atoms with van der Waals surface area (Å²) in [6.07, 6.45) is 1.67. The molecule has 0 amide bonds. The van der Waals surface area contributed by atoms with Gasteiger partial charge < -0.3 is 15.2 Å². The Morgan fingerprint density at radius 2 is 2.05 bits per heavy atom. The molecule has 0 aromatic heterocycles. The summed E-state index contributed by atoms with van der Waals surface area (Å²) >= 11 is 0. The lowest BCUT2D eigenvalue weighted by Crippen LogP contribution is -2.45. The molecule has 0 spiro atoms. The van der Waals surface area contributed by atoms with Crippen LogP contribution in [0.3, 0.4) is 0 Å². The fourth-order valence-electron chi connectivity index (χ4n) is 2.83. The van der Waals surface area contributed by atoms with E-state index in [1.165, 1.54) is 5.56 Å². The molecule has 0 radical (unpaired) electrons. The van der Waals surface area contributed by atoms with Gasteiger partial charge in [-0.2, -0.15) is 0 Å². The Balaban J connectivity index is 2.11. The van der Waals surface area contributed by atoms with E-state index in [1.807, 2.05) is 13.0 Å². The minimum atomic E-state index is -0.485. The number of aliphatic hydroxyl groups excluding tert-OH is 1. The third-order valence-electron chi connectivity index (χ3n) is 3.91. The van der Waals surface area contributed by atoms with Gasteiger partial charge in [0.1, 0.15) is 5.75 Å². The zero-order valence-electron chi connectivity index (χ0n) is 13.3. The van der Waals surface area contributed by atoms with E-state index in [2.05, 4.69) is 29.3 Å². The topological polar surface area (TPSA) is 44.7 Å². The standard InChI is InChI=1S/C17H28N2O2/c1-3-5-14-6-7-17(21-4-2)15(12-14)16(20)13-19-10-8-18-9-11-19/h6-7,12,16,18,20H,3-5,8-11,13H2,1-2H3. The molecule has 4 nitrogen and oxygen atoms in total. The molecule has 1 unspecified atom stereocenters. The molecule has 1 aliphatic rings. The molecule has 118 valence electrons. The number of aryl methyl sites for hydroxylation is 1. The summed E-state index contributed by atoms with van der Waals surface area (Å²) in [4.78, 5) is 2.31. The molecule has 1 atom stereocenters. The predicted octanol–water partition coefficient (Wildman–Crippen LogP) is 1.98. The quantitative estimate of drug-likeness (QED) is 0.806. The summed E-state index contributed by atoms with van der Waals surface area (Å²) in [6.45, 7) is 9.45. The first-order valence-corrected chi connectivity index (χ1v) is 8.11. The number of nitrogens with zero attached hydrogens (tertiary/aromatic N) is 1. The van der Waals surface area contributed by atoms with Crippen LogP contribution in [0.25, 0.3) is 0 Å². The van der Waals surface area contributed by atoms with Gasteiger partial charge in [0.05, 0.1) is 12.7 Å². The van der Waals surface area contributed by atoms with Crippen LogP contribution < -0.4 is 10.1 Å². The average Bonchev–Trinajstić information content (AvgIpc) is 2.50. The Morgan fingerprint density at radius 3 is 2.71 bits per heavy atom. The highest BCUT2D eigenvalue weighted by molar-refractivity contribution is 5.39.